The molecule has 8 heteroatoms. The van der Waals surface area contributed by atoms with E-state index in [2.05, 4.69) is 26.9 Å². The van der Waals surface area contributed by atoms with Crippen molar-refractivity contribution in [2.45, 2.75) is 32.2 Å². The van der Waals surface area contributed by atoms with Gasteiger partial charge in [0.1, 0.15) is 17.0 Å². The maximum Gasteiger partial charge on any atom is 0.231 e. The van der Waals surface area contributed by atoms with Crippen LogP contribution in [-0.2, 0) is 19.4 Å². The van der Waals surface area contributed by atoms with E-state index in [-0.39, 0.29) is 12.4 Å². The number of fused-ring (bicyclic) bond motifs is 4. The molecule has 6 nitrogen and oxygen atoms in total. The quantitative estimate of drug-likeness (QED) is 0.607. The number of aryl methyl sites for hydroxylation is 2. The minimum atomic E-state index is 0. The van der Waals surface area contributed by atoms with Crippen molar-refractivity contribution in [2.75, 3.05) is 37.9 Å². The Labute approximate surface area is 186 Å². The Hall–Kier alpha value is -2.09. The van der Waals surface area contributed by atoms with Crippen molar-refractivity contribution in [1.29, 1.82) is 0 Å². The fraction of sp³-hybridized carbons (Fsp3) is 0.455. The summed E-state index contributed by atoms with van der Waals surface area (Å²) >= 11 is 1.88. The van der Waals surface area contributed by atoms with Gasteiger partial charge >= 0.3 is 0 Å². The first-order chi connectivity index (χ1) is 14.3. The van der Waals surface area contributed by atoms with Crippen LogP contribution < -0.4 is 14.4 Å². The molecule has 0 atom stereocenters. The van der Waals surface area contributed by atoms with E-state index in [1.54, 1.807) is 6.33 Å². The first-order valence-corrected chi connectivity index (χ1v) is 11.3. The van der Waals surface area contributed by atoms with E-state index >= 15 is 0 Å². The van der Waals surface area contributed by atoms with Crippen LogP contribution >= 0.6 is 23.7 Å². The summed E-state index contributed by atoms with van der Waals surface area (Å²) in [7, 11) is 0. The molecule has 2 aromatic heterocycles. The Kier molecular flexibility index (Phi) is 5.43. The summed E-state index contributed by atoms with van der Waals surface area (Å²) in [6.07, 6.45) is 6.73. The Morgan fingerprint density at radius 1 is 0.967 bits per heavy atom. The fourth-order valence-corrected chi connectivity index (χ4v) is 5.95. The zero-order valence-corrected chi connectivity index (χ0v) is 18.4. The highest BCUT2D eigenvalue weighted by Gasteiger charge is 2.25. The van der Waals surface area contributed by atoms with E-state index in [0.29, 0.717) is 6.79 Å². The monoisotopic (exact) mass is 444 g/mol. The van der Waals surface area contributed by atoms with Gasteiger partial charge in [0.2, 0.25) is 6.79 Å². The number of hydrogen-bond donors (Lipinski definition) is 0. The van der Waals surface area contributed by atoms with Gasteiger partial charge in [0.15, 0.2) is 11.5 Å². The van der Waals surface area contributed by atoms with Crippen molar-refractivity contribution in [3.8, 4) is 11.5 Å². The lowest BCUT2D eigenvalue weighted by atomic mass is 9.97. The highest BCUT2D eigenvalue weighted by atomic mass is 35.5. The zero-order chi connectivity index (χ0) is 19.2. The van der Waals surface area contributed by atoms with Gasteiger partial charge in [-0.15, -0.1) is 23.7 Å². The number of anilines is 1. The number of nitrogens with zero attached hydrogens (tertiary/aromatic N) is 4. The number of rotatable bonds is 3. The summed E-state index contributed by atoms with van der Waals surface area (Å²) in [5, 5.41) is 1.33. The van der Waals surface area contributed by atoms with Gasteiger partial charge in [-0.1, -0.05) is 6.07 Å². The Bertz CT molecular complexity index is 1060. The van der Waals surface area contributed by atoms with Crippen molar-refractivity contribution in [3.05, 3.63) is 40.5 Å². The molecule has 6 rings (SSSR count). The Balaban J connectivity index is 0.00000193. The number of ether oxygens (including phenoxy) is 2. The van der Waals surface area contributed by atoms with Crippen LogP contribution in [-0.4, -0.2) is 47.8 Å². The van der Waals surface area contributed by atoms with Crippen LogP contribution in [0.15, 0.2) is 24.5 Å². The van der Waals surface area contributed by atoms with Gasteiger partial charge in [-0.3, -0.25) is 4.90 Å². The van der Waals surface area contributed by atoms with E-state index in [1.807, 2.05) is 17.4 Å². The topological polar surface area (TPSA) is 50.7 Å². The summed E-state index contributed by atoms with van der Waals surface area (Å²) in [4.78, 5) is 17.0. The lowest BCUT2D eigenvalue weighted by molar-refractivity contribution is 0.174. The average molecular weight is 445 g/mol. The molecular weight excluding hydrogens is 420 g/mol. The van der Waals surface area contributed by atoms with Crippen LogP contribution in [0.1, 0.15) is 28.8 Å². The summed E-state index contributed by atoms with van der Waals surface area (Å²) < 4.78 is 10.9. The maximum atomic E-state index is 5.52. The van der Waals surface area contributed by atoms with Gasteiger partial charge in [0.05, 0.1) is 5.39 Å². The molecule has 1 saturated heterocycles. The van der Waals surface area contributed by atoms with Crippen LogP contribution in [0.25, 0.3) is 10.2 Å². The molecule has 0 radical (unpaired) electrons. The lowest BCUT2D eigenvalue weighted by Gasteiger charge is -2.35. The Morgan fingerprint density at radius 2 is 1.80 bits per heavy atom. The highest BCUT2D eigenvalue weighted by molar-refractivity contribution is 7.19. The van der Waals surface area contributed by atoms with E-state index in [0.717, 1.165) is 50.0 Å². The molecule has 3 aromatic rings. The predicted octanol–water partition coefficient (Wildman–Crippen LogP) is 4.04. The molecule has 4 heterocycles. The lowest BCUT2D eigenvalue weighted by Crippen LogP contribution is -2.46. The number of benzene rings is 1. The molecule has 0 N–H and O–H groups in total. The third-order valence-corrected chi connectivity index (χ3v) is 7.45. The normalized spacial score (nSPS) is 18.3. The van der Waals surface area contributed by atoms with Gasteiger partial charge < -0.3 is 14.4 Å². The molecule has 0 unspecified atom stereocenters. The minimum absolute atomic E-state index is 0. The average Bonchev–Trinajstić information content (AvgIpc) is 3.38. The highest BCUT2D eigenvalue weighted by Crippen LogP contribution is 2.39. The molecule has 30 heavy (non-hydrogen) atoms. The molecule has 0 bridgehead atoms. The molecule has 1 aromatic carbocycles. The molecule has 158 valence electrons. The van der Waals surface area contributed by atoms with Crippen molar-refractivity contribution < 1.29 is 9.47 Å². The third kappa shape index (κ3) is 3.49. The van der Waals surface area contributed by atoms with Crippen molar-refractivity contribution in [3.63, 3.8) is 0 Å². The summed E-state index contributed by atoms with van der Waals surface area (Å²) in [5.74, 6) is 2.87. The molecule has 1 aliphatic carbocycles. The number of thiophene rings is 1. The summed E-state index contributed by atoms with van der Waals surface area (Å²) in [6, 6.07) is 6.27. The molecule has 1 fully saturated rings. The van der Waals surface area contributed by atoms with Crippen LogP contribution in [0.4, 0.5) is 5.82 Å². The first kappa shape index (κ1) is 19.8. The maximum absolute atomic E-state index is 5.52. The second kappa shape index (κ2) is 8.21. The van der Waals surface area contributed by atoms with Crippen LogP contribution in [0.3, 0.4) is 0 Å². The van der Waals surface area contributed by atoms with Gasteiger partial charge in [-0.25, -0.2) is 9.97 Å². The second-order valence-electron chi connectivity index (χ2n) is 8.04. The van der Waals surface area contributed by atoms with Crippen LogP contribution in [0, 0.1) is 0 Å². The minimum Gasteiger partial charge on any atom is -0.454 e. The van der Waals surface area contributed by atoms with Crippen molar-refractivity contribution >= 4 is 39.8 Å². The number of aromatic nitrogens is 2. The molecule has 0 saturated carbocycles. The molecule has 0 spiro atoms. The SMILES string of the molecule is Cl.c1nc(N2CCN(Cc3ccc4c(c3)OCO4)CC2)c2c3c(sc2n1)CCCC3. The van der Waals surface area contributed by atoms with Crippen LogP contribution in [0.2, 0.25) is 0 Å². The smallest absolute Gasteiger partial charge is 0.231 e. The number of piperazine rings is 1. The predicted molar refractivity (Wildman–Crippen MR) is 121 cm³/mol. The fourth-order valence-electron chi connectivity index (χ4n) is 4.73. The van der Waals surface area contributed by atoms with Gasteiger partial charge in [-0.05, 0) is 48.9 Å². The molecule has 2 aliphatic heterocycles. The van der Waals surface area contributed by atoms with Crippen molar-refractivity contribution in [1.82, 2.24) is 14.9 Å². The van der Waals surface area contributed by atoms with E-state index in [1.165, 1.54) is 51.9 Å². The van der Waals surface area contributed by atoms with Gasteiger partial charge in [0.25, 0.3) is 0 Å². The Morgan fingerprint density at radius 3 is 2.70 bits per heavy atom. The first-order valence-electron chi connectivity index (χ1n) is 10.5. The van der Waals surface area contributed by atoms with Gasteiger partial charge in [-0.2, -0.15) is 0 Å². The summed E-state index contributed by atoms with van der Waals surface area (Å²) in [6.45, 7) is 5.34. The summed E-state index contributed by atoms with van der Waals surface area (Å²) in [5.41, 5.74) is 2.80. The van der Waals surface area contributed by atoms with Crippen LogP contribution in [0.5, 0.6) is 11.5 Å². The zero-order valence-electron chi connectivity index (χ0n) is 16.8. The third-order valence-electron chi connectivity index (χ3n) is 6.25. The van der Waals surface area contributed by atoms with E-state index in [9.17, 15) is 0 Å². The number of halogens is 1. The molecule has 0 amide bonds. The largest absolute Gasteiger partial charge is 0.454 e. The molecular formula is C22H25ClN4O2S. The van der Waals surface area contributed by atoms with Crippen molar-refractivity contribution in [2.24, 2.45) is 0 Å². The van der Waals surface area contributed by atoms with Gasteiger partial charge in [0, 0.05) is 37.6 Å². The van der Waals surface area contributed by atoms with E-state index in [4.69, 9.17) is 14.5 Å². The van der Waals surface area contributed by atoms with E-state index < -0.39 is 0 Å². The second-order valence-corrected chi connectivity index (χ2v) is 9.12. The number of hydrogen-bond acceptors (Lipinski definition) is 7. The molecule has 3 aliphatic rings. The standard InChI is InChI=1S/C22H24N4O2S.ClH/c1-2-4-19-16(3-1)20-21(23-13-24-22(20)29-19)26-9-7-25(8-10-26)12-15-5-6-17-18(11-15)28-14-27-17;/h5-6,11,13H,1-4,7-10,12,14H2;1H.